The maximum absolute atomic E-state index is 13.2. The van der Waals surface area contributed by atoms with Crippen LogP contribution in [0.15, 0.2) is 0 Å². The number of hydrogen-bond donors (Lipinski definition) is 3. The highest BCUT2D eigenvalue weighted by molar-refractivity contribution is 7.47. The van der Waals surface area contributed by atoms with Crippen LogP contribution in [0.1, 0.15) is 478 Å². The van der Waals surface area contributed by atoms with Gasteiger partial charge in [0.05, 0.1) is 26.4 Å². The van der Waals surface area contributed by atoms with Crippen molar-refractivity contribution in [2.24, 2.45) is 11.8 Å². The summed E-state index contributed by atoms with van der Waals surface area (Å²) < 4.78 is 69.0. The van der Waals surface area contributed by atoms with Crippen molar-refractivity contribution in [1.29, 1.82) is 0 Å². The lowest BCUT2D eigenvalue weighted by Crippen LogP contribution is -2.30. The number of carbonyl (C=O) groups is 4. The topological polar surface area (TPSA) is 237 Å². The van der Waals surface area contributed by atoms with Crippen molar-refractivity contribution in [2.45, 2.75) is 496 Å². The Bertz CT molecular complexity index is 2060. The van der Waals surface area contributed by atoms with Crippen molar-refractivity contribution in [3.63, 3.8) is 0 Å². The van der Waals surface area contributed by atoms with Crippen LogP contribution in [-0.4, -0.2) is 96.7 Å². The average Bonchev–Trinajstić information content (AvgIpc) is 0.900. The molecule has 17 nitrogen and oxygen atoms in total. The molecule has 0 aliphatic heterocycles. The third-order valence-corrected chi connectivity index (χ3v) is 22.9. The summed E-state index contributed by atoms with van der Waals surface area (Å²) in [6, 6.07) is 0. The van der Waals surface area contributed by atoms with Crippen molar-refractivity contribution in [3.05, 3.63) is 0 Å². The molecule has 0 aromatic rings. The van der Waals surface area contributed by atoms with E-state index < -0.39 is 97.5 Å². The largest absolute Gasteiger partial charge is 0.472 e. The Morgan fingerprint density at radius 1 is 0.250 bits per heavy atom. The van der Waals surface area contributed by atoms with Crippen molar-refractivity contribution >= 4 is 39.5 Å². The maximum Gasteiger partial charge on any atom is 0.472 e. The summed E-state index contributed by atoms with van der Waals surface area (Å²) in [5.41, 5.74) is 0. The van der Waals surface area contributed by atoms with Gasteiger partial charge in [0.1, 0.15) is 19.3 Å². The van der Waals surface area contributed by atoms with Gasteiger partial charge in [-0.2, -0.15) is 0 Å². The van der Waals surface area contributed by atoms with Crippen LogP contribution in [0.5, 0.6) is 0 Å². The second-order valence-electron chi connectivity index (χ2n) is 32.9. The van der Waals surface area contributed by atoms with Crippen LogP contribution in [-0.2, 0) is 65.4 Å². The number of esters is 4. The van der Waals surface area contributed by atoms with E-state index in [1.54, 1.807) is 0 Å². The first-order chi connectivity index (χ1) is 52.4. The third kappa shape index (κ3) is 82.1. The number of rotatable bonds is 88. The highest BCUT2D eigenvalue weighted by atomic mass is 31.2. The summed E-state index contributed by atoms with van der Waals surface area (Å²) in [6.45, 7) is 9.68. The molecule has 108 heavy (non-hydrogen) atoms. The Morgan fingerprint density at radius 3 is 0.630 bits per heavy atom. The van der Waals surface area contributed by atoms with Crippen LogP contribution in [0, 0.1) is 11.8 Å². The van der Waals surface area contributed by atoms with Gasteiger partial charge >= 0.3 is 39.5 Å². The zero-order valence-electron chi connectivity index (χ0n) is 71.2. The molecule has 3 N–H and O–H groups in total. The van der Waals surface area contributed by atoms with E-state index in [0.29, 0.717) is 25.7 Å². The molecule has 2 unspecified atom stereocenters. The molecule has 0 rings (SSSR count). The third-order valence-electron chi connectivity index (χ3n) is 21.0. The van der Waals surface area contributed by atoms with Gasteiger partial charge < -0.3 is 33.8 Å². The molecule has 0 saturated carbocycles. The second-order valence-corrected chi connectivity index (χ2v) is 35.8. The molecule has 0 spiro atoms. The minimum Gasteiger partial charge on any atom is -0.462 e. The number of phosphoric ester groups is 2. The zero-order chi connectivity index (χ0) is 79.2. The SMILES string of the molecule is CCCCCCCCCCCCCCCCCCCCCCCCC(=O)O[C@H](COC(=O)CCCCCCCCCCCCCCCCCCCCC)COP(=O)(O)OC[C@@H](O)COP(=O)(O)OC[C@@H](COC(=O)CCCCCCCCCCCC(C)C)OC(=O)CCCCCCCCCCCCCCC(C)C. The van der Waals surface area contributed by atoms with Gasteiger partial charge in [-0.3, -0.25) is 37.3 Å². The Labute approximate surface area is 664 Å². The highest BCUT2D eigenvalue weighted by Gasteiger charge is 2.31. The quantitative estimate of drug-likeness (QED) is 0.0222. The summed E-state index contributed by atoms with van der Waals surface area (Å²) in [6.07, 6.45) is 73.7. The lowest BCUT2D eigenvalue weighted by molar-refractivity contribution is -0.161. The zero-order valence-corrected chi connectivity index (χ0v) is 73.0. The van der Waals surface area contributed by atoms with Gasteiger partial charge in [0.2, 0.25) is 0 Å². The Hall–Kier alpha value is -1.94. The number of aliphatic hydroxyl groups is 1. The number of hydrogen-bond acceptors (Lipinski definition) is 15. The van der Waals surface area contributed by atoms with Crippen LogP contribution >= 0.6 is 15.6 Å². The van der Waals surface area contributed by atoms with E-state index in [-0.39, 0.29) is 25.7 Å². The van der Waals surface area contributed by atoms with E-state index in [0.717, 1.165) is 102 Å². The monoisotopic (exact) mass is 1580 g/mol. The summed E-state index contributed by atoms with van der Waals surface area (Å²) in [5, 5.41) is 10.7. The molecule has 0 aromatic carbocycles. The molecule has 0 amide bonds. The molecule has 0 heterocycles. The number of carbonyl (C=O) groups excluding carboxylic acids is 4. The van der Waals surface area contributed by atoms with E-state index in [9.17, 15) is 43.2 Å². The first-order valence-electron chi connectivity index (χ1n) is 46.0. The van der Waals surface area contributed by atoms with Crippen LogP contribution in [0.4, 0.5) is 0 Å². The predicted molar refractivity (Wildman–Crippen MR) is 446 cm³/mol. The maximum atomic E-state index is 13.2. The average molecular weight is 1580 g/mol. The molecule has 0 radical (unpaired) electrons. The number of unbranched alkanes of at least 4 members (excludes halogenated alkanes) is 58. The smallest absolute Gasteiger partial charge is 0.462 e. The summed E-state index contributed by atoms with van der Waals surface area (Å²) in [5.74, 6) is -0.579. The molecule has 5 atom stereocenters. The van der Waals surface area contributed by atoms with Crippen molar-refractivity contribution in [1.82, 2.24) is 0 Å². The van der Waals surface area contributed by atoms with E-state index in [1.165, 1.54) is 295 Å². The lowest BCUT2D eigenvalue weighted by Gasteiger charge is -2.21. The fraction of sp³-hybridized carbons (Fsp3) is 0.955. The van der Waals surface area contributed by atoms with Crippen LogP contribution < -0.4 is 0 Å². The Balaban J connectivity index is 5.24. The number of phosphoric acid groups is 2. The van der Waals surface area contributed by atoms with Crippen LogP contribution in [0.25, 0.3) is 0 Å². The first kappa shape index (κ1) is 106. The fourth-order valence-corrected chi connectivity index (χ4v) is 15.5. The number of aliphatic hydroxyl groups excluding tert-OH is 1. The predicted octanol–water partition coefficient (Wildman–Crippen LogP) is 27.4. The highest BCUT2D eigenvalue weighted by Crippen LogP contribution is 2.45. The first-order valence-corrected chi connectivity index (χ1v) is 49.0. The van der Waals surface area contributed by atoms with E-state index >= 15 is 0 Å². The Kier molecular flexibility index (Phi) is 78.8. The van der Waals surface area contributed by atoms with Gasteiger partial charge in [0.25, 0.3) is 0 Å². The minimum atomic E-state index is -4.97. The molecule has 0 bridgehead atoms. The van der Waals surface area contributed by atoms with Crippen molar-refractivity contribution in [3.8, 4) is 0 Å². The second kappa shape index (κ2) is 80.3. The molecule has 642 valence electrons. The van der Waals surface area contributed by atoms with Gasteiger partial charge in [-0.05, 0) is 37.5 Å². The standard InChI is InChI=1S/C89H174O17P2/c1-7-9-11-13-15-17-19-21-23-25-27-28-29-31-33-35-37-42-48-55-61-67-73-88(93)105-84(77-99-86(91)71-65-59-53-47-41-36-34-32-30-26-24-22-20-18-16-14-12-10-8-2)79-103-107(95,96)101-75-83(90)76-102-108(97,98)104-80-85(78-100-87(92)72-66-60-54-50-44-46-52-58-64-70-82(5)6)106-89(94)74-68-62-56-49-43-39-38-40-45-51-57-63-69-81(3)4/h81-85,90H,7-80H2,1-6H3,(H,95,96)(H,97,98)/t83-,84-,85-/m1/s1. The fourth-order valence-electron chi connectivity index (χ4n) is 14.0. The van der Waals surface area contributed by atoms with E-state index in [1.807, 2.05) is 0 Å². The number of ether oxygens (including phenoxy) is 4. The molecule has 0 aliphatic carbocycles. The van der Waals surface area contributed by atoms with Crippen molar-refractivity contribution < 1.29 is 80.2 Å². The van der Waals surface area contributed by atoms with E-state index in [2.05, 4.69) is 41.5 Å². The summed E-state index contributed by atoms with van der Waals surface area (Å²) >= 11 is 0. The van der Waals surface area contributed by atoms with Gasteiger partial charge in [-0.15, -0.1) is 0 Å². The molecular weight excluding hydrogens is 1400 g/mol. The molecule has 19 heteroatoms. The summed E-state index contributed by atoms with van der Waals surface area (Å²) in [7, 11) is -9.93. The molecule has 0 saturated heterocycles. The van der Waals surface area contributed by atoms with Crippen molar-refractivity contribution in [2.75, 3.05) is 39.6 Å². The van der Waals surface area contributed by atoms with Gasteiger partial charge in [-0.25, -0.2) is 9.13 Å². The van der Waals surface area contributed by atoms with Gasteiger partial charge in [-0.1, -0.05) is 427 Å². The molecular formula is C89H174O17P2. The molecule has 0 aromatic heterocycles. The van der Waals surface area contributed by atoms with E-state index in [4.69, 9.17) is 37.0 Å². The van der Waals surface area contributed by atoms with Gasteiger partial charge in [0, 0.05) is 25.7 Å². The summed E-state index contributed by atoms with van der Waals surface area (Å²) in [4.78, 5) is 73.3. The van der Waals surface area contributed by atoms with Crippen LogP contribution in [0.3, 0.4) is 0 Å². The molecule has 0 aliphatic rings. The lowest BCUT2D eigenvalue weighted by atomic mass is 10.0. The molecule has 0 fully saturated rings. The Morgan fingerprint density at radius 2 is 0.426 bits per heavy atom. The van der Waals surface area contributed by atoms with Crippen LogP contribution in [0.2, 0.25) is 0 Å². The van der Waals surface area contributed by atoms with Gasteiger partial charge in [0.15, 0.2) is 12.2 Å². The normalized spacial score (nSPS) is 13.8. The minimum absolute atomic E-state index is 0.107.